The number of hydrogen-bond acceptors (Lipinski definition) is 2. The molecule has 102 valence electrons. The summed E-state index contributed by atoms with van der Waals surface area (Å²) in [6.07, 6.45) is 5.80. The van der Waals surface area contributed by atoms with Crippen LogP contribution in [0.2, 0.25) is 0 Å². The predicted octanol–water partition coefficient (Wildman–Crippen LogP) is 3.97. The van der Waals surface area contributed by atoms with Gasteiger partial charge in [-0.2, -0.15) is 0 Å². The van der Waals surface area contributed by atoms with Crippen LogP contribution in [0.15, 0.2) is 48.5 Å². The number of hydrogen-bond donors (Lipinski definition) is 1. The molecule has 1 aliphatic heterocycles. The molecule has 20 heavy (non-hydrogen) atoms. The first-order valence-electron chi connectivity index (χ1n) is 6.97. The first kappa shape index (κ1) is 12.8. The number of ether oxygens (including phenoxy) is 1. The molecule has 1 unspecified atom stereocenters. The molecule has 0 amide bonds. The van der Waals surface area contributed by atoms with E-state index in [4.69, 9.17) is 4.74 Å². The normalized spacial score (nSPS) is 16.6. The molecular weight excluding hydrogens is 248 g/mol. The third-order valence-electron chi connectivity index (χ3n) is 3.57. The van der Waals surface area contributed by atoms with E-state index >= 15 is 0 Å². The average molecular weight is 266 g/mol. The maximum Gasteiger partial charge on any atom is 0.131 e. The van der Waals surface area contributed by atoms with Gasteiger partial charge in [-0.25, -0.2) is 0 Å². The Bertz CT molecular complexity index is 629. The van der Waals surface area contributed by atoms with Crippen LogP contribution in [0.25, 0.3) is 6.08 Å². The molecule has 0 saturated heterocycles. The summed E-state index contributed by atoms with van der Waals surface area (Å²) in [6.45, 7) is 1.99. The molecule has 1 atom stereocenters. The van der Waals surface area contributed by atoms with Crippen LogP contribution >= 0.6 is 0 Å². The lowest BCUT2D eigenvalue weighted by molar-refractivity contribution is 0.264. The zero-order valence-electron chi connectivity index (χ0n) is 11.5. The third-order valence-corrected chi connectivity index (χ3v) is 3.57. The van der Waals surface area contributed by atoms with E-state index in [1.54, 1.807) is 0 Å². The number of benzene rings is 2. The minimum absolute atomic E-state index is 0.0614. The second-order valence-corrected chi connectivity index (χ2v) is 5.19. The van der Waals surface area contributed by atoms with E-state index in [0.29, 0.717) is 5.75 Å². The van der Waals surface area contributed by atoms with Crippen LogP contribution in [0.4, 0.5) is 0 Å². The largest absolute Gasteiger partial charge is 0.507 e. The van der Waals surface area contributed by atoms with Crippen molar-refractivity contribution in [3.63, 3.8) is 0 Å². The van der Waals surface area contributed by atoms with Crippen molar-refractivity contribution in [1.29, 1.82) is 0 Å². The number of aryl methyl sites for hydroxylation is 2. The Morgan fingerprint density at radius 1 is 1.05 bits per heavy atom. The van der Waals surface area contributed by atoms with Crippen molar-refractivity contribution in [3.05, 3.63) is 65.2 Å². The van der Waals surface area contributed by atoms with Crippen molar-refractivity contribution in [3.8, 4) is 11.5 Å². The van der Waals surface area contributed by atoms with Gasteiger partial charge in [0.25, 0.3) is 0 Å². The van der Waals surface area contributed by atoms with Crippen LogP contribution in [0.1, 0.15) is 23.6 Å². The van der Waals surface area contributed by atoms with E-state index in [1.165, 1.54) is 5.56 Å². The lowest BCUT2D eigenvalue weighted by Crippen LogP contribution is -2.12. The highest BCUT2D eigenvalue weighted by Gasteiger charge is 2.15. The van der Waals surface area contributed by atoms with Crippen LogP contribution in [-0.2, 0) is 12.8 Å². The van der Waals surface area contributed by atoms with Gasteiger partial charge in [0.2, 0.25) is 0 Å². The molecule has 0 aromatic heterocycles. The lowest BCUT2D eigenvalue weighted by Gasteiger charge is -2.20. The first-order chi connectivity index (χ1) is 9.72. The Morgan fingerprint density at radius 3 is 2.60 bits per heavy atom. The standard InChI is InChI=1S/C18H18O2/c1-13-7-10-16-17(19)11-15(12-18(16)20-13)9-8-14-5-3-2-4-6-14/h2-7,10-13,19H,8-9H2,1H3. The fraction of sp³-hybridized carbons (Fsp3) is 0.222. The van der Waals surface area contributed by atoms with E-state index in [0.717, 1.165) is 29.7 Å². The zero-order valence-corrected chi connectivity index (χ0v) is 11.5. The van der Waals surface area contributed by atoms with E-state index < -0.39 is 0 Å². The molecule has 0 bridgehead atoms. The molecule has 2 aromatic carbocycles. The van der Waals surface area contributed by atoms with Crippen molar-refractivity contribution in [1.82, 2.24) is 0 Å². The molecule has 0 fully saturated rings. The van der Waals surface area contributed by atoms with Crippen LogP contribution in [0.3, 0.4) is 0 Å². The Labute approximate surface area is 119 Å². The topological polar surface area (TPSA) is 29.5 Å². The Morgan fingerprint density at radius 2 is 1.80 bits per heavy atom. The van der Waals surface area contributed by atoms with Crippen molar-refractivity contribution in [2.75, 3.05) is 0 Å². The van der Waals surface area contributed by atoms with Gasteiger partial charge in [0.15, 0.2) is 0 Å². The summed E-state index contributed by atoms with van der Waals surface area (Å²) in [5.41, 5.74) is 3.19. The molecule has 3 rings (SSSR count). The maximum atomic E-state index is 10.1. The fourth-order valence-corrected chi connectivity index (χ4v) is 2.48. The third kappa shape index (κ3) is 2.69. The summed E-state index contributed by atoms with van der Waals surface area (Å²) in [6, 6.07) is 14.3. The Hall–Kier alpha value is -2.22. The number of aromatic hydroxyl groups is 1. The highest BCUT2D eigenvalue weighted by atomic mass is 16.5. The van der Waals surface area contributed by atoms with Gasteiger partial charge in [-0.1, -0.05) is 30.3 Å². The SMILES string of the molecule is CC1C=Cc2c(O)cc(CCc3ccccc3)cc2O1. The summed E-state index contributed by atoms with van der Waals surface area (Å²) in [5.74, 6) is 1.08. The summed E-state index contributed by atoms with van der Waals surface area (Å²) < 4.78 is 5.76. The van der Waals surface area contributed by atoms with Crippen molar-refractivity contribution < 1.29 is 9.84 Å². The molecular formula is C18H18O2. The number of phenols is 1. The smallest absolute Gasteiger partial charge is 0.131 e. The van der Waals surface area contributed by atoms with Gasteiger partial charge in [-0.15, -0.1) is 0 Å². The molecule has 0 spiro atoms. The van der Waals surface area contributed by atoms with Crippen molar-refractivity contribution in [2.24, 2.45) is 0 Å². The average Bonchev–Trinajstić information content (AvgIpc) is 2.46. The van der Waals surface area contributed by atoms with E-state index in [1.807, 2.05) is 37.3 Å². The first-order valence-corrected chi connectivity index (χ1v) is 6.97. The van der Waals surface area contributed by atoms with Crippen LogP contribution < -0.4 is 4.74 Å². The molecule has 1 N–H and O–H groups in total. The zero-order chi connectivity index (χ0) is 13.9. The highest BCUT2D eigenvalue weighted by molar-refractivity contribution is 5.67. The Balaban J connectivity index is 1.80. The van der Waals surface area contributed by atoms with E-state index in [-0.39, 0.29) is 6.10 Å². The van der Waals surface area contributed by atoms with Crippen molar-refractivity contribution >= 4 is 6.08 Å². The number of fused-ring (bicyclic) bond motifs is 1. The van der Waals surface area contributed by atoms with Gasteiger partial charge >= 0.3 is 0 Å². The number of phenolic OH excluding ortho intramolecular Hbond substituents is 1. The van der Waals surface area contributed by atoms with E-state index in [9.17, 15) is 5.11 Å². The molecule has 1 heterocycles. The molecule has 0 aliphatic carbocycles. The fourth-order valence-electron chi connectivity index (χ4n) is 2.48. The minimum Gasteiger partial charge on any atom is -0.507 e. The molecule has 0 radical (unpaired) electrons. The van der Waals surface area contributed by atoms with Crippen LogP contribution in [0, 0.1) is 0 Å². The van der Waals surface area contributed by atoms with Gasteiger partial charge in [0, 0.05) is 0 Å². The van der Waals surface area contributed by atoms with Crippen molar-refractivity contribution in [2.45, 2.75) is 25.9 Å². The molecule has 2 nitrogen and oxygen atoms in total. The second kappa shape index (κ2) is 5.41. The molecule has 1 aliphatic rings. The number of rotatable bonds is 3. The van der Waals surface area contributed by atoms with Gasteiger partial charge in [-0.05, 0) is 55.2 Å². The van der Waals surface area contributed by atoms with Crippen LogP contribution in [0.5, 0.6) is 11.5 Å². The lowest BCUT2D eigenvalue weighted by atomic mass is 10.0. The van der Waals surface area contributed by atoms with E-state index in [2.05, 4.69) is 24.3 Å². The van der Waals surface area contributed by atoms with Gasteiger partial charge < -0.3 is 9.84 Å². The second-order valence-electron chi connectivity index (χ2n) is 5.19. The minimum atomic E-state index is 0.0614. The molecule has 2 heteroatoms. The van der Waals surface area contributed by atoms with Crippen LogP contribution in [-0.4, -0.2) is 11.2 Å². The molecule has 2 aromatic rings. The monoisotopic (exact) mass is 266 g/mol. The maximum absolute atomic E-state index is 10.1. The van der Waals surface area contributed by atoms with Gasteiger partial charge in [-0.3, -0.25) is 0 Å². The quantitative estimate of drug-likeness (QED) is 0.910. The Kier molecular flexibility index (Phi) is 3.46. The summed E-state index contributed by atoms with van der Waals surface area (Å²) >= 11 is 0. The summed E-state index contributed by atoms with van der Waals surface area (Å²) in [7, 11) is 0. The molecule has 0 saturated carbocycles. The van der Waals surface area contributed by atoms with Gasteiger partial charge in [0.1, 0.15) is 17.6 Å². The summed E-state index contributed by atoms with van der Waals surface area (Å²) in [4.78, 5) is 0. The van der Waals surface area contributed by atoms with Gasteiger partial charge in [0.05, 0.1) is 5.56 Å². The predicted molar refractivity (Wildman–Crippen MR) is 81.1 cm³/mol. The summed E-state index contributed by atoms with van der Waals surface area (Å²) in [5, 5.41) is 10.1. The highest BCUT2D eigenvalue weighted by Crippen LogP contribution is 2.34.